The topological polar surface area (TPSA) is 45.2 Å². The number of hydrogen-bond acceptors (Lipinski definition) is 3. The third-order valence-corrected chi connectivity index (χ3v) is 4.47. The van der Waals surface area contributed by atoms with Crippen molar-refractivity contribution < 1.29 is 4.79 Å². The summed E-state index contributed by atoms with van der Waals surface area (Å²) in [5.74, 6) is -0.366. The summed E-state index contributed by atoms with van der Waals surface area (Å²) in [6.45, 7) is 4.16. The van der Waals surface area contributed by atoms with E-state index < -0.39 is 0 Å². The van der Waals surface area contributed by atoms with E-state index in [2.05, 4.69) is 21.3 Å². The summed E-state index contributed by atoms with van der Waals surface area (Å²) < 4.78 is 0. The Balaban J connectivity index is 1.79. The largest absolute Gasteiger partial charge is 0.372 e. The number of nitrogens with one attached hydrogen (secondary N) is 1. The first-order valence-electron chi connectivity index (χ1n) is 7.53. The van der Waals surface area contributed by atoms with Crippen LogP contribution in [0.4, 0.5) is 11.4 Å². The van der Waals surface area contributed by atoms with Crippen molar-refractivity contribution in [1.82, 2.24) is 4.98 Å². The van der Waals surface area contributed by atoms with Crippen molar-refractivity contribution in [2.24, 2.45) is 0 Å². The quantitative estimate of drug-likeness (QED) is 0.826. The molecule has 1 fully saturated rings. The summed E-state index contributed by atoms with van der Waals surface area (Å²) in [7, 11) is 0. The van der Waals surface area contributed by atoms with Crippen LogP contribution >= 0.6 is 23.2 Å². The molecule has 0 unspecified atom stereocenters. The van der Waals surface area contributed by atoms with Crippen molar-refractivity contribution in [3.8, 4) is 0 Å². The maximum Gasteiger partial charge on any atom is 0.275 e. The summed E-state index contributed by atoms with van der Waals surface area (Å²) >= 11 is 11.9. The molecule has 120 valence electrons. The Kier molecular flexibility index (Phi) is 4.74. The van der Waals surface area contributed by atoms with E-state index in [1.807, 2.05) is 19.1 Å². The zero-order valence-electron chi connectivity index (χ0n) is 12.8. The lowest BCUT2D eigenvalue weighted by molar-refractivity contribution is 0.102. The maximum absolute atomic E-state index is 12.4. The number of aryl methyl sites for hydroxylation is 1. The van der Waals surface area contributed by atoms with Crippen LogP contribution in [0.25, 0.3) is 0 Å². The van der Waals surface area contributed by atoms with Crippen molar-refractivity contribution in [1.29, 1.82) is 0 Å². The molecule has 1 aliphatic rings. The lowest BCUT2D eigenvalue weighted by Gasteiger charge is -2.19. The number of anilines is 2. The first-order valence-corrected chi connectivity index (χ1v) is 8.29. The first kappa shape index (κ1) is 16.1. The van der Waals surface area contributed by atoms with Crippen LogP contribution in [0.3, 0.4) is 0 Å². The van der Waals surface area contributed by atoms with E-state index in [4.69, 9.17) is 23.2 Å². The molecule has 1 amide bonds. The van der Waals surface area contributed by atoms with Crippen molar-refractivity contribution in [2.45, 2.75) is 19.8 Å². The van der Waals surface area contributed by atoms with Gasteiger partial charge in [-0.05, 0) is 55.7 Å². The van der Waals surface area contributed by atoms with E-state index in [-0.39, 0.29) is 21.8 Å². The highest BCUT2D eigenvalue weighted by Crippen LogP contribution is 2.26. The number of halogens is 2. The number of carbonyl (C=O) groups excluding carboxylic acids is 1. The van der Waals surface area contributed by atoms with Gasteiger partial charge in [-0.3, -0.25) is 4.79 Å². The van der Waals surface area contributed by atoms with Gasteiger partial charge in [0.2, 0.25) is 0 Å². The lowest BCUT2D eigenvalue weighted by atomic mass is 10.1. The molecule has 0 spiro atoms. The average molecular weight is 350 g/mol. The van der Waals surface area contributed by atoms with Gasteiger partial charge in [-0.25, -0.2) is 4.98 Å². The SMILES string of the molecule is Cc1cc(N2CCCC2)ccc1NC(=O)c1nc(Cl)ccc1Cl. The van der Waals surface area contributed by atoms with Gasteiger partial charge in [-0.2, -0.15) is 0 Å². The van der Waals surface area contributed by atoms with Crippen LogP contribution in [0.2, 0.25) is 10.2 Å². The molecule has 0 aliphatic carbocycles. The second-order valence-electron chi connectivity index (χ2n) is 5.61. The zero-order valence-corrected chi connectivity index (χ0v) is 14.3. The minimum Gasteiger partial charge on any atom is -0.372 e. The summed E-state index contributed by atoms with van der Waals surface area (Å²) in [5.41, 5.74) is 3.07. The lowest BCUT2D eigenvalue weighted by Crippen LogP contribution is -2.18. The van der Waals surface area contributed by atoms with E-state index in [1.54, 1.807) is 12.1 Å². The molecule has 1 aromatic heterocycles. The molecule has 23 heavy (non-hydrogen) atoms. The van der Waals surface area contributed by atoms with Gasteiger partial charge in [0.1, 0.15) is 10.8 Å². The molecule has 0 radical (unpaired) electrons. The fourth-order valence-corrected chi connectivity index (χ4v) is 3.06. The Morgan fingerprint density at radius 3 is 2.61 bits per heavy atom. The van der Waals surface area contributed by atoms with Crippen molar-refractivity contribution in [3.05, 3.63) is 51.8 Å². The van der Waals surface area contributed by atoms with E-state index in [0.29, 0.717) is 0 Å². The van der Waals surface area contributed by atoms with Crippen molar-refractivity contribution in [2.75, 3.05) is 23.3 Å². The molecule has 1 aromatic carbocycles. The summed E-state index contributed by atoms with van der Waals surface area (Å²) in [5, 5.41) is 3.36. The van der Waals surface area contributed by atoms with Crippen LogP contribution in [0, 0.1) is 6.92 Å². The molecule has 2 aromatic rings. The van der Waals surface area contributed by atoms with Crippen LogP contribution < -0.4 is 10.2 Å². The van der Waals surface area contributed by atoms with Gasteiger partial charge in [-0.1, -0.05) is 23.2 Å². The number of rotatable bonds is 3. The Morgan fingerprint density at radius 1 is 1.17 bits per heavy atom. The first-order chi connectivity index (χ1) is 11.0. The average Bonchev–Trinajstić information content (AvgIpc) is 3.06. The molecular weight excluding hydrogens is 333 g/mol. The van der Waals surface area contributed by atoms with Gasteiger partial charge in [0.25, 0.3) is 5.91 Å². The fourth-order valence-electron chi connectivity index (χ4n) is 2.72. The number of benzene rings is 1. The Labute approximate surface area is 145 Å². The summed E-state index contributed by atoms with van der Waals surface area (Å²) in [6, 6.07) is 9.15. The van der Waals surface area contributed by atoms with Gasteiger partial charge in [0.05, 0.1) is 5.02 Å². The molecule has 3 rings (SSSR count). The normalized spacial score (nSPS) is 14.1. The van der Waals surface area contributed by atoms with E-state index in [1.165, 1.54) is 18.5 Å². The van der Waals surface area contributed by atoms with Crippen LogP contribution in [0.1, 0.15) is 28.9 Å². The predicted molar refractivity (Wildman–Crippen MR) is 94.8 cm³/mol. The number of nitrogens with zero attached hydrogens (tertiary/aromatic N) is 2. The molecule has 0 bridgehead atoms. The molecule has 6 heteroatoms. The van der Waals surface area contributed by atoms with E-state index in [0.717, 1.165) is 24.3 Å². The third kappa shape index (κ3) is 3.59. The Bertz CT molecular complexity index is 743. The molecule has 4 nitrogen and oxygen atoms in total. The Hall–Kier alpha value is -1.78. The minimum absolute atomic E-state index is 0.127. The molecule has 1 aliphatic heterocycles. The molecule has 1 N–H and O–H groups in total. The maximum atomic E-state index is 12.4. The molecule has 1 saturated heterocycles. The van der Waals surface area contributed by atoms with Gasteiger partial charge in [-0.15, -0.1) is 0 Å². The van der Waals surface area contributed by atoms with Crippen molar-refractivity contribution in [3.63, 3.8) is 0 Å². The van der Waals surface area contributed by atoms with Gasteiger partial charge in [0.15, 0.2) is 0 Å². The number of pyridine rings is 1. The second kappa shape index (κ2) is 6.77. The summed E-state index contributed by atoms with van der Waals surface area (Å²) in [4.78, 5) is 18.7. The Morgan fingerprint density at radius 2 is 1.91 bits per heavy atom. The molecule has 2 heterocycles. The van der Waals surface area contributed by atoms with Gasteiger partial charge < -0.3 is 10.2 Å². The predicted octanol–water partition coefficient (Wildman–Crippen LogP) is 4.55. The standard InChI is InChI=1S/C17H17Cl2N3O/c1-11-10-12(22-8-2-3-9-22)4-6-14(11)20-17(23)16-13(18)5-7-15(19)21-16/h4-7,10H,2-3,8-9H2,1H3,(H,20,23). The second-order valence-corrected chi connectivity index (χ2v) is 6.41. The number of hydrogen-bond donors (Lipinski definition) is 1. The third-order valence-electron chi connectivity index (χ3n) is 3.96. The highest BCUT2D eigenvalue weighted by atomic mass is 35.5. The summed E-state index contributed by atoms with van der Waals surface area (Å²) in [6.07, 6.45) is 2.47. The zero-order chi connectivity index (χ0) is 16.4. The van der Waals surface area contributed by atoms with Crippen molar-refractivity contribution >= 4 is 40.5 Å². The molecule has 0 saturated carbocycles. The number of carbonyl (C=O) groups is 1. The molecular formula is C17H17Cl2N3O. The number of amides is 1. The van der Waals surface area contributed by atoms with Gasteiger partial charge >= 0.3 is 0 Å². The van der Waals surface area contributed by atoms with Crippen LogP contribution in [-0.4, -0.2) is 24.0 Å². The van der Waals surface area contributed by atoms with E-state index >= 15 is 0 Å². The highest BCUT2D eigenvalue weighted by molar-refractivity contribution is 6.35. The monoisotopic (exact) mass is 349 g/mol. The number of aromatic nitrogens is 1. The fraction of sp³-hybridized carbons (Fsp3) is 0.294. The van der Waals surface area contributed by atoms with Gasteiger partial charge in [0, 0.05) is 24.5 Å². The van der Waals surface area contributed by atoms with Crippen LogP contribution in [0.15, 0.2) is 30.3 Å². The smallest absolute Gasteiger partial charge is 0.275 e. The molecule has 0 atom stereocenters. The van der Waals surface area contributed by atoms with E-state index in [9.17, 15) is 4.79 Å². The highest BCUT2D eigenvalue weighted by Gasteiger charge is 2.16. The van der Waals surface area contributed by atoms with Crippen LogP contribution in [0.5, 0.6) is 0 Å². The minimum atomic E-state index is -0.366. The van der Waals surface area contributed by atoms with Crippen LogP contribution in [-0.2, 0) is 0 Å².